The van der Waals surface area contributed by atoms with Crippen LogP contribution in [-0.2, 0) is 16.0 Å². The summed E-state index contributed by atoms with van der Waals surface area (Å²) in [5.74, 6) is -0.793. The van der Waals surface area contributed by atoms with Gasteiger partial charge in [-0.05, 0) is 12.0 Å². The number of carbonyl (C=O) groups excluding carboxylic acids is 1. The Morgan fingerprint density at radius 3 is 2.31 bits per heavy atom. The fourth-order valence-corrected chi connectivity index (χ4v) is 0.991. The minimum absolute atomic E-state index is 0.167. The number of rotatable bonds is 3. The largest absolute Gasteiger partial charge is 0.480 e. The van der Waals surface area contributed by atoms with Crippen LogP contribution in [0, 0.1) is 0 Å². The number of aliphatic carboxylic acids is 1. The van der Waals surface area contributed by atoms with E-state index in [2.05, 4.69) is 5.32 Å². The molecule has 1 heterocycles. The number of carboxylic acids is 1. The molecule has 1 fully saturated rings. The molecule has 1 atom stereocenters. The maximum Gasteiger partial charge on any atom is 0.320 e. The third-order valence-electron chi connectivity index (χ3n) is 1.94. The number of benzene rings is 1. The van der Waals surface area contributed by atoms with Gasteiger partial charge in [0, 0.05) is 0 Å². The summed E-state index contributed by atoms with van der Waals surface area (Å²) in [4.78, 5) is 19.8. The summed E-state index contributed by atoms with van der Waals surface area (Å²) in [7, 11) is 0. The van der Waals surface area contributed by atoms with Crippen molar-refractivity contribution in [1.82, 2.24) is 5.32 Å². The van der Waals surface area contributed by atoms with Crippen LogP contribution in [0.5, 0.6) is 0 Å². The van der Waals surface area contributed by atoms with E-state index in [9.17, 15) is 9.59 Å². The predicted molar refractivity (Wildman–Crippen MR) is 58.8 cm³/mol. The molecule has 1 aromatic carbocycles. The highest BCUT2D eigenvalue weighted by atomic mass is 16.4. The van der Waals surface area contributed by atoms with Crippen LogP contribution in [0.2, 0.25) is 0 Å². The molecule has 1 aromatic rings. The van der Waals surface area contributed by atoms with Gasteiger partial charge in [-0.15, -0.1) is 0 Å². The van der Waals surface area contributed by atoms with Crippen LogP contribution in [0.25, 0.3) is 0 Å². The van der Waals surface area contributed by atoms with Crippen molar-refractivity contribution >= 4 is 11.9 Å². The van der Waals surface area contributed by atoms with Gasteiger partial charge < -0.3 is 16.2 Å². The molecule has 86 valence electrons. The van der Waals surface area contributed by atoms with E-state index < -0.39 is 12.0 Å². The molecule has 0 aromatic heterocycles. The molecular formula is C11H14N2O3. The van der Waals surface area contributed by atoms with Gasteiger partial charge in [-0.2, -0.15) is 0 Å². The second-order valence-corrected chi connectivity index (χ2v) is 3.41. The van der Waals surface area contributed by atoms with Crippen molar-refractivity contribution in [3.05, 3.63) is 35.9 Å². The Balaban J connectivity index is 0.000000267. The number of amides is 1. The summed E-state index contributed by atoms with van der Waals surface area (Å²) in [6, 6.07) is 8.54. The summed E-state index contributed by atoms with van der Waals surface area (Å²) in [6.45, 7) is 0.597. The molecule has 0 aliphatic carbocycles. The van der Waals surface area contributed by atoms with Crippen LogP contribution in [-0.4, -0.2) is 29.6 Å². The van der Waals surface area contributed by atoms with Crippen LogP contribution >= 0.6 is 0 Å². The fourth-order valence-electron chi connectivity index (χ4n) is 0.991. The molecular weight excluding hydrogens is 208 g/mol. The van der Waals surface area contributed by atoms with Crippen molar-refractivity contribution in [3.8, 4) is 0 Å². The van der Waals surface area contributed by atoms with E-state index in [-0.39, 0.29) is 5.91 Å². The minimum Gasteiger partial charge on any atom is -0.480 e. The first-order valence-electron chi connectivity index (χ1n) is 4.88. The average molecular weight is 222 g/mol. The minimum atomic E-state index is -0.959. The maximum absolute atomic E-state index is 10.4. The van der Waals surface area contributed by atoms with Gasteiger partial charge in [-0.1, -0.05) is 30.3 Å². The van der Waals surface area contributed by atoms with E-state index in [1.807, 2.05) is 30.3 Å². The highest BCUT2D eigenvalue weighted by molar-refractivity contribution is 5.91. The molecule has 4 N–H and O–H groups in total. The third-order valence-corrected chi connectivity index (χ3v) is 1.94. The van der Waals surface area contributed by atoms with E-state index in [4.69, 9.17) is 10.8 Å². The molecule has 5 nitrogen and oxygen atoms in total. The van der Waals surface area contributed by atoms with Gasteiger partial charge in [0.2, 0.25) is 5.91 Å². The van der Waals surface area contributed by atoms with Crippen molar-refractivity contribution in [3.63, 3.8) is 0 Å². The average Bonchev–Trinajstić information content (AvgIpc) is 3.03. The summed E-state index contributed by atoms with van der Waals surface area (Å²) >= 11 is 0. The van der Waals surface area contributed by atoms with Crippen molar-refractivity contribution in [1.29, 1.82) is 0 Å². The van der Waals surface area contributed by atoms with E-state index in [0.717, 1.165) is 5.56 Å². The quantitative estimate of drug-likeness (QED) is 0.614. The molecule has 5 heteroatoms. The van der Waals surface area contributed by atoms with Crippen molar-refractivity contribution < 1.29 is 14.7 Å². The molecule has 0 spiro atoms. The number of carbonyl (C=O) groups is 2. The second-order valence-electron chi connectivity index (χ2n) is 3.41. The van der Waals surface area contributed by atoms with Crippen molar-refractivity contribution in [2.45, 2.75) is 12.5 Å². The monoisotopic (exact) mass is 222 g/mol. The Kier molecular flexibility index (Phi) is 4.47. The van der Waals surface area contributed by atoms with Crippen LogP contribution in [0.15, 0.2) is 30.3 Å². The van der Waals surface area contributed by atoms with Gasteiger partial charge in [0.15, 0.2) is 0 Å². The zero-order valence-corrected chi connectivity index (χ0v) is 8.72. The Morgan fingerprint density at radius 2 is 1.94 bits per heavy atom. The molecule has 0 bridgehead atoms. The van der Waals surface area contributed by atoms with Crippen LogP contribution in [0.4, 0.5) is 0 Å². The van der Waals surface area contributed by atoms with Crippen molar-refractivity contribution in [2.75, 3.05) is 6.54 Å². The highest BCUT2D eigenvalue weighted by Crippen LogP contribution is 2.01. The zero-order valence-electron chi connectivity index (χ0n) is 8.72. The summed E-state index contributed by atoms with van der Waals surface area (Å²) in [6.07, 6.45) is 0.385. The fraction of sp³-hybridized carbons (Fsp3) is 0.273. The Bertz CT molecular complexity index is 359. The SMILES string of the molecule is N[C@@H](Cc1ccccc1)C(=O)O.O=C1CN1. The number of nitrogens with one attached hydrogen (secondary N) is 1. The van der Waals surface area contributed by atoms with Crippen LogP contribution in [0.1, 0.15) is 5.56 Å². The predicted octanol–water partition coefficient (Wildman–Crippen LogP) is -0.243. The van der Waals surface area contributed by atoms with E-state index in [0.29, 0.717) is 13.0 Å². The highest BCUT2D eigenvalue weighted by Gasteiger charge is 2.11. The topological polar surface area (TPSA) is 102 Å². The summed E-state index contributed by atoms with van der Waals surface area (Å²) in [5.41, 5.74) is 6.30. The first-order valence-corrected chi connectivity index (χ1v) is 4.88. The second kappa shape index (κ2) is 5.87. The molecule has 0 unspecified atom stereocenters. The molecule has 16 heavy (non-hydrogen) atoms. The standard InChI is InChI=1S/C9H11NO2.C2H3NO/c10-8(9(11)12)6-7-4-2-1-3-5-7;4-2-1-3-2/h1-5,8H,6,10H2,(H,11,12);1H2,(H,3,4)/t8-;/m0./s1. The number of carboxylic acid groups (broad SMARTS) is 1. The van der Waals surface area contributed by atoms with Gasteiger partial charge in [0.1, 0.15) is 6.04 Å². The molecule has 1 aliphatic heterocycles. The Hall–Kier alpha value is -1.88. The van der Waals surface area contributed by atoms with Crippen LogP contribution < -0.4 is 11.1 Å². The molecule has 1 amide bonds. The van der Waals surface area contributed by atoms with E-state index in [1.165, 1.54) is 0 Å². The number of hydrogen-bond acceptors (Lipinski definition) is 3. The lowest BCUT2D eigenvalue weighted by molar-refractivity contribution is -0.138. The van der Waals surface area contributed by atoms with Gasteiger partial charge >= 0.3 is 5.97 Å². The van der Waals surface area contributed by atoms with Gasteiger partial charge in [0.05, 0.1) is 6.54 Å². The summed E-state index contributed by atoms with van der Waals surface area (Å²) in [5, 5.41) is 11.0. The van der Waals surface area contributed by atoms with E-state index in [1.54, 1.807) is 0 Å². The molecule has 1 saturated heterocycles. The Labute approximate surface area is 93.3 Å². The normalized spacial score (nSPS) is 14.2. The van der Waals surface area contributed by atoms with Gasteiger partial charge in [-0.3, -0.25) is 9.59 Å². The van der Waals surface area contributed by atoms with Gasteiger partial charge in [0.25, 0.3) is 0 Å². The Morgan fingerprint density at radius 1 is 1.44 bits per heavy atom. The molecule has 1 aliphatic rings. The van der Waals surface area contributed by atoms with Crippen molar-refractivity contribution in [2.24, 2.45) is 5.73 Å². The lowest BCUT2D eigenvalue weighted by Gasteiger charge is -2.04. The van der Waals surface area contributed by atoms with E-state index >= 15 is 0 Å². The zero-order chi connectivity index (χ0) is 12.0. The first kappa shape index (κ1) is 12.2. The number of nitrogens with two attached hydrogens (primary N) is 1. The lowest BCUT2D eigenvalue weighted by Crippen LogP contribution is -2.32. The first-order chi connectivity index (χ1) is 7.59. The van der Waals surface area contributed by atoms with Crippen LogP contribution in [0.3, 0.4) is 0 Å². The maximum atomic E-state index is 10.4. The third kappa shape index (κ3) is 5.11. The lowest BCUT2D eigenvalue weighted by atomic mass is 10.1. The van der Waals surface area contributed by atoms with Gasteiger partial charge in [-0.25, -0.2) is 0 Å². The molecule has 0 saturated carbocycles. The molecule has 0 radical (unpaired) electrons. The smallest absolute Gasteiger partial charge is 0.320 e. The number of hydrogen-bond donors (Lipinski definition) is 3. The summed E-state index contributed by atoms with van der Waals surface area (Å²) < 4.78 is 0. The molecule has 2 rings (SSSR count).